The number of hydrogen-bond donors (Lipinski definition) is 2. The van der Waals surface area contributed by atoms with Gasteiger partial charge in [-0.1, -0.05) is 0 Å². The molecule has 1 aliphatic carbocycles. The highest BCUT2D eigenvalue weighted by Gasteiger charge is 2.44. The summed E-state index contributed by atoms with van der Waals surface area (Å²) in [4.78, 5) is 13.2. The molecule has 0 radical (unpaired) electrons. The fourth-order valence-corrected chi connectivity index (χ4v) is 1.59. The molecule has 4 heteroatoms. The Morgan fingerprint density at radius 1 is 1.62 bits per heavy atom. The predicted octanol–water partition coefficient (Wildman–Crippen LogP) is 1.18. The summed E-state index contributed by atoms with van der Waals surface area (Å²) in [7, 11) is 0. The van der Waals surface area contributed by atoms with Crippen LogP contribution in [-0.4, -0.2) is 28.9 Å². The lowest BCUT2D eigenvalue weighted by atomic mass is 10.0. The fourth-order valence-electron chi connectivity index (χ4n) is 1.59. The van der Waals surface area contributed by atoms with Crippen LogP contribution in [0.3, 0.4) is 0 Å². The summed E-state index contributed by atoms with van der Waals surface area (Å²) in [5, 5.41) is 10.2. The molecule has 1 saturated heterocycles. The van der Waals surface area contributed by atoms with E-state index in [1.807, 2.05) is 13.8 Å². The van der Waals surface area contributed by atoms with Crippen LogP contribution in [0.1, 0.15) is 26.7 Å². The first-order valence-electron chi connectivity index (χ1n) is 4.69. The largest absolute Gasteiger partial charge is 0.323 e. The quantitative estimate of drug-likeness (QED) is 0.660. The zero-order valence-corrected chi connectivity index (χ0v) is 8.05. The predicted molar refractivity (Wildman–Crippen MR) is 49.8 cm³/mol. The van der Waals surface area contributed by atoms with Gasteiger partial charge in [-0.25, -0.2) is 4.79 Å². The van der Waals surface area contributed by atoms with Crippen LogP contribution in [0.15, 0.2) is 0 Å². The van der Waals surface area contributed by atoms with Crippen molar-refractivity contribution in [3.8, 4) is 0 Å². The third kappa shape index (κ3) is 1.30. The molecule has 1 saturated carbocycles. The van der Waals surface area contributed by atoms with E-state index in [2.05, 4.69) is 5.32 Å². The van der Waals surface area contributed by atoms with Crippen molar-refractivity contribution >= 4 is 11.9 Å². The van der Waals surface area contributed by atoms with Crippen molar-refractivity contribution in [1.82, 2.24) is 10.2 Å². The molecule has 2 aliphatic rings. The highest BCUT2D eigenvalue weighted by molar-refractivity contribution is 6.07. The average molecular weight is 181 g/mol. The van der Waals surface area contributed by atoms with Gasteiger partial charge in [-0.2, -0.15) is 0 Å². The van der Waals surface area contributed by atoms with E-state index >= 15 is 0 Å². The second-order valence-electron chi connectivity index (χ2n) is 4.42. The molecule has 0 atom stereocenters. The number of nitrogens with zero attached hydrogens (tertiary/aromatic N) is 1. The Hall–Kier alpha value is -1.06. The molecule has 0 unspecified atom stereocenters. The van der Waals surface area contributed by atoms with Gasteiger partial charge in [0, 0.05) is 6.54 Å². The van der Waals surface area contributed by atoms with E-state index in [1.165, 1.54) is 12.8 Å². The van der Waals surface area contributed by atoms with E-state index in [1.54, 1.807) is 4.90 Å². The standard InChI is InChI=1S/C9H15N3O/c1-9(2)7(10)11-8(13)12(9)5-6-3-4-6/h6H,3-5H2,1-2H3,(H2,10,11,13). The van der Waals surface area contributed by atoms with Gasteiger partial charge in [0.15, 0.2) is 0 Å². The molecule has 0 aromatic rings. The van der Waals surface area contributed by atoms with E-state index in [0.29, 0.717) is 11.8 Å². The summed E-state index contributed by atoms with van der Waals surface area (Å²) < 4.78 is 0. The van der Waals surface area contributed by atoms with Crippen LogP contribution < -0.4 is 5.32 Å². The summed E-state index contributed by atoms with van der Waals surface area (Å²) >= 11 is 0. The molecule has 4 nitrogen and oxygen atoms in total. The number of urea groups is 1. The minimum absolute atomic E-state index is 0.109. The van der Waals surface area contributed by atoms with E-state index in [9.17, 15) is 4.79 Å². The summed E-state index contributed by atoms with van der Waals surface area (Å²) in [6, 6.07) is -0.109. The number of amidine groups is 1. The second-order valence-corrected chi connectivity index (χ2v) is 4.42. The van der Waals surface area contributed by atoms with Gasteiger partial charge in [-0.3, -0.25) is 10.7 Å². The van der Waals surface area contributed by atoms with Crippen molar-refractivity contribution in [2.24, 2.45) is 5.92 Å². The normalized spacial score (nSPS) is 26.5. The van der Waals surface area contributed by atoms with Crippen LogP contribution in [0.25, 0.3) is 0 Å². The molecule has 1 heterocycles. The van der Waals surface area contributed by atoms with Crippen molar-refractivity contribution in [1.29, 1.82) is 5.41 Å². The zero-order chi connectivity index (χ0) is 9.64. The first-order valence-corrected chi connectivity index (χ1v) is 4.69. The third-order valence-corrected chi connectivity index (χ3v) is 2.90. The summed E-state index contributed by atoms with van der Waals surface area (Å²) in [6.07, 6.45) is 2.46. The molecule has 0 aromatic carbocycles. The Kier molecular flexibility index (Phi) is 1.62. The molecule has 0 spiro atoms. The molecule has 2 rings (SSSR count). The van der Waals surface area contributed by atoms with Gasteiger partial charge in [0.25, 0.3) is 0 Å². The summed E-state index contributed by atoms with van der Waals surface area (Å²) in [6.45, 7) is 4.63. The Labute approximate surface area is 77.8 Å². The molecule has 0 bridgehead atoms. The molecular weight excluding hydrogens is 166 g/mol. The lowest BCUT2D eigenvalue weighted by Crippen LogP contribution is -2.44. The topological polar surface area (TPSA) is 56.2 Å². The first kappa shape index (κ1) is 8.53. The highest BCUT2D eigenvalue weighted by Crippen LogP contribution is 2.33. The van der Waals surface area contributed by atoms with E-state index < -0.39 is 5.54 Å². The van der Waals surface area contributed by atoms with Gasteiger partial charge in [0.1, 0.15) is 5.84 Å². The molecule has 2 amide bonds. The fraction of sp³-hybridized carbons (Fsp3) is 0.778. The SMILES string of the molecule is CC1(C)C(=N)NC(=O)N1CC1CC1. The summed E-state index contributed by atoms with van der Waals surface area (Å²) in [5.41, 5.74) is -0.431. The Bertz CT molecular complexity index is 268. The van der Waals surface area contributed by atoms with Crippen LogP contribution in [0, 0.1) is 11.3 Å². The average Bonchev–Trinajstić information content (AvgIpc) is 2.78. The van der Waals surface area contributed by atoms with Gasteiger partial charge < -0.3 is 4.90 Å². The number of carbonyl (C=O) groups is 1. The molecule has 2 N–H and O–H groups in total. The minimum Gasteiger partial charge on any atom is -0.312 e. The van der Waals surface area contributed by atoms with Crippen LogP contribution in [-0.2, 0) is 0 Å². The van der Waals surface area contributed by atoms with Gasteiger partial charge >= 0.3 is 6.03 Å². The number of rotatable bonds is 2. The number of carbonyl (C=O) groups excluding carboxylic acids is 1. The van der Waals surface area contributed by atoms with Crippen LogP contribution in [0.4, 0.5) is 4.79 Å². The number of hydrogen-bond acceptors (Lipinski definition) is 2. The Balaban J connectivity index is 2.13. The van der Waals surface area contributed by atoms with Crippen LogP contribution in [0.5, 0.6) is 0 Å². The van der Waals surface area contributed by atoms with Crippen molar-refractivity contribution < 1.29 is 4.79 Å². The van der Waals surface area contributed by atoms with Gasteiger partial charge in [0.05, 0.1) is 5.54 Å². The monoisotopic (exact) mass is 181 g/mol. The van der Waals surface area contributed by atoms with Crippen molar-refractivity contribution in [3.63, 3.8) is 0 Å². The molecule has 2 fully saturated rings. The Morgan fingerprint density at radius 2 is 2.23 bits per heavy atom. The molecule has 1 aliphatic heterocycles. The van der Waals surface area contributed by atoms with E-state index in [4.69, 9.17) is 5.41 Å². The number of nitrogens with one attached hydrogen (secondary N) is 2. The van der Waals surface area contributed by atoms with Gasteiger partial charge in [-0.05, 0) is 32.6 Å². The van der Waals surface area contributed by atoms with Crippen LogP contribution in [0.2, 0.25) is 0 Å². The first-order chi connectivity index (χ1) is 6.01. The molecule has 72 valence electrons. The lowest BCUT2D eigenvalue weighted by Gasteiger charge is -2.29. The van der Waals surface area contributed by atoms with E-state index in [-0.39, 0.29) is 6.03 Å². The van der Waals surface area contributed by atoms with Crippen LogP contribution >= 0.6 is 0 Å². The highest BCUT2D eigenvalue weighted by atomic mass is 16.2. The minimum atomic E-state index is -0.431. The lowest BCUT2D eigenvalue weighted by molar-refractivity contribution is 0.183. The van der Waals surface area contributed by atoms with Crippen molar-refractivity contribution in [2.45, 2.75) is 32.2 Å². The second kappa shape index (κ2) is 2.47. The molecule has 13 heavy (non-hydrogen) atoms. The maximum Gasteiger partial charge on any atom is 0.323 e. The third-order valence-electron chi connectivity index (χ3n) is 2.90. The smallest absolute Gasteiger partial charge is 0.312 e. The Morgan fingerprint density at radius 3 is 2.62 bits per heavy atom. The van der Waals surface area contributed by atoms with Gasteiger partial charge in [-0.15, -0.1) is 0 Å². The van der Waals surface area contributed by atoms with Crippen molar-refractivity contribution in [3.05, 3.63) is 0 Å². The molecule has 0 aromatic heterocycles. The molecular formula is C9H15N3O. The van der Waals surface area contributed by atoms with E-state index in [0.717, 1.165) is 6.54 Å². The van der Waals surface area contributed by atoms with Gasteiger partial charge in [0.2, 0.25) is 0 Å². The van der Waals surface area contributed by atoms with Crippen molar-refractivity contribution in [2.75, 3.05) is 6.54 Å². The summed E-state index contributed by atoms with van der Waals surface area (Å²) in [5.74, 6) is 0.995. The number of amides is 2. The zero-order valence-electron chi connectivity index (χ0n) is 8.05. The maximum atomic E-state index is 11.4. The maximum absolute atomic E-state index is 11.4.